The highest BCUT2D eigenvalue weighted by Crippen LogP contribution is 2.34. The predicted octanol–water partition coefficient (Wildman–Crippen LogP) is 3.26. The molecule has 1 atom stereocenters. The fourth-order valence-electron chi connectivity index (χ4n) is 2.57. The van der Waals surface area contributed by atoms with Gasteiger partial charge < -0.3 is 29.6 Å². The number of methoxy groups -OCH3 is 1. The molecule has 0 bridgehead atoms. The summed E-state index contributed by atoms with van der Waals surface area (Å²) in [7, 11) is 1.58. The van der Waals surface area contributed by atoms with Crippen LogP contribution in [0.4, 0.5) is 11.4 Å². The summed E-state index contributed by atoms with van der Waals surface area (Å²) in [6, 6.07) is 10.3. The van der Waals surface area contributed by atoms with Crippen molar-refractivity contribution in [2.24, 2.45) is 0 Å². The van der Waals surface area contributed by atoms with Gasteiger partial charge in [0.2, 0.25) is 12.7 Å². The Balaban J connectivity index is 1.64. The van der Waals surface area contributed by atoms with Gasteiger partial charge in [0.05, 0.1) is 13.7 Å². The summed E-state index contributed by atoms with van der Waals surface area (Å²) in [5, 5.41) is 6.01. The van der Waals surface area contributed by atoms with Crippen LogP contribution in [-0.4, -0.2) is 32.5 Å². The molecular weight excluding hydrogens is 336 g/mol. The van der Waals surface area contributed by atoms with Gasteiger partial charge in [-0.15, -0.1) is 0 Å². The maximum atomic E-state index is 12.4. The number of rotatable bonds is 7. The Hall–Kier alpha value is -3.09. The van der Waals surface area contributed by atoms with Crippen molar-refractivity contribution in [1.29, 1.82) is 0 Å². The zero-order valence-electron chi connectivity index (χ0n) is 15.0. The predicted molar refractivity (Wildman–Crippen MR) is 98.4 cm³/mol. The van der Waals surface area contributed by atoms with Crippen LogP contribution >= 0.6 is 0 Å². The van der Waals surface area contributed by atoms with Crippen LogP contribution in [0.5, 0.6) is 23.0 Å². The van der Waals surface area contributed by atoms with Gasteiger partial charge in [0.25, 0.3) is 0 Å². The van der Waals surface area contributed by atoms with E-state index in [1.54, 1.807) is 38.3 Å². The van der Waals surface area contributed by atoms with Gasteiger partial charge in [-0.05, 0) is 38.1 Å². The minimum Gasteiger partial charge on any atom is -0.493 e. The molecule has 0 spiro atoms. The van der Waals surface area contributed by atoms with Crippen molar-refractivity contribution >= 4 is 17.3 Å². The minimum atomic E-state index is -0.455. The van der Waals surface area contributed by atoms with E-state index in [9.17, 15) is 4.79 Å². The largest absolute Gasteiger partial charge is 0.493 e. The third-order valence-electron chi connectivity index (χ3n) is 3.88. The Labute approximate surface area is 152 Å². The monoisotopic (exact) mass is 358 g/mol. The number of benzene rings is 2. The van der Waals surface area contributed by atoms with Gasteiger partial charge >= 0.3 is 0 Å². The molecule has 0 saturated heterocycles. The summed E-state index contributed by atoms with van der Waals surface area (Å²) in [4.78, 5) is 12.4. The first-order valence-corrected chi connectivity index (χ1v) is 8.38. The van der Waals surface area contributed by atoms with Crippen LogP contribution in [0.1, 0.15) is 13.8 Å². The molecule has 0 radical (unpaired) electrons. The van der Waals surface area contributed by atoms with E-state index in [-0.39, 0.29) is 12.7 Å². The Kier molecular flexibility index (Phi) is 5.36. The highest BCUT2D eigenvalue weighted by molar-refractivity contribution is 5.96. The van der Waals surface area contributed by atoms with Crippen LogP contribution in [0.15, 0.2) is 36.4 Å². The van der Waals surface area contributed by atoms with Crippen molar-refractivity contribution in [1.82, 2.24) is 0 Å². The van der Waals surface area contributed by atoms with Gasteiger partial charge in [-0.1, -0.05) is 0 Å². The topological polar surface area (TPSA) is 78.1 Å². The maximum Gasteiger partial charge on any atom is 0.246 e. The van der Waals surface area contributed by atoms with Crippen molar-refractivity contribution in [3.63, 3.8) is 0 Å². The average Bonchev–Trinajstić information content (AvgIpc) is 3.10. The molecule has 7 heteroatoms. The molecule has 0 saturated carbocycles. The third kappa shape index (κ3) is 3.93. The Morgan fingerprint density at radius 3 is 2.65 bits per heavy atom. The normalized spacial score (nSPS) is 13.0. The summed E-state index contributed by atoms with van der Waals surface area (Å²) in [5.41, 5.74) is 1.41. The van der Waals surface area contributed by atoms with Gasteiger partial charge in [-0.2, -0.15) is 0 Å². The molecule has 138 valence electrons. The van der Waals surface area contributed by atoms with Crippen LogP contribution in [0.25, 0.3) is 0 Å². The van der Waals surface area contributed by atoms with E-state index in [2.05, 4.69) is 10.6 Å². The molecule has 1 heterocycles. The molecular formula is C19H22N2O5. The summed E-state index contributed by atoms with van der Waals surface area (Å²) < 4.78 is 21.4. The lowest BCUT2D eigenvalue weighted by atomic mass is 10.2. The van der Waals surface area contributed by atoms with Crippen molar-refractivity contribution in [2.75, 3.05) is 31.1 Å². The van der Waals surface area contributed by atoms with Crippen LogP contribution in [0, 0.1) is 0 Å². The molecule has 1 aliphatic rings. The van der Waals surface area contributed by atoms with E-state index < -0.39 is 6.04 Å². The molecule has 0 unspecified atom stereocenters. The van der Waals surface area contributed by atoms with Crippen molar-refractivity contribution < 1.29 is 23.7 Å². The van der Waals surface area contributed by atoms with E-state index in [0.717, 1.165) is 5.69 Å². The van der Waals surface area contributed by atoms with Crippen LogP contribution in [0.3, 0.4) is 0 Å². The quantitative estimate of drug-likeness (QED) is 0.791. The molecule has 3 rings (SSSR count). The highest BCUT2D eigenvalue weighted by atomic mass is 16.7. The molecule has 2 N–H and O–H groups in total. The van der Waals surface area contributed by atoms with E-state index in [1.165, 1.54) is 0 Å². The number of amides is 1. The number of hydrogen-bond donors (Lipinski definition) is 2. The van der Waals surface area contributed by atoms with Crippen LogP contribution in [0.2, 0.25) is 0 Å². The van der Waals surface area contributed by atoms with Gasteiger partial charge in [-0.25, -0.2) is 0 Å². The summed E-state index contributed by atoms with van der Waals surface area (Å²) in [6.07, 6.45) is 0. The maximum absolute atomic E-state index is 12.4. The first-order valence-electron chi connectivity index (χ1n) is 8.38. The SMILES string of the molecule is CCOc1ccc(N[C@@H](C)C(=O)Nc2ccc3c(c2)OCO3)cc1OC. The molecule has 1 aliphatic heterocycles. The van der Waals surface area contributed by atoms with Gasteiger partial charge in [-0.3, -0.25) is 4.79 Å². The lowest BCUT2D eigenvalue weighted by Crippen LogP contribution is -2.31. The smallest absolute Gasteiger partial charge is 0.246 e. The molecule has 0 aliphatic carbocycles. The number of hydrogen-bond acceptors (Lipinski definition) is 6. The first kappa shape index (κ1) is 17.7. The second-order valence-electron chi connectivity index (χ2n) is 5.72. The summed E-state index contributed by atoms with van der Waals surface area (Å²) in [5.74, 6) is 2.41. The molecule has 7 nitrogen and oxygen atoms in total. The lowest BCUT2D eigenvalue weighted by molar-refractivity contribution is -0.116. The molecule has 2 aromatic rings. The highest BCUT2D eigenvalue weighted by Gasteiger charge is 2.17. The second kappa shape index (κ2) is 7.86. The summed E-state index contributed by atoms with van der Waals surface area (Å²) in [6.45, 7) is 4.45. The molecule has 2 aromatic carbocycles. The molecule has 26 heavy (non-hydrogen) atoms. The standard InChI is InChI=1S/C19H22N2O5/c1-4-24-15-7-5-13(9-17(15)23-3)20-12(2)19(22)21-14-6-8-16-18(10-14)26-11-25-16/h5-10,12,20H,4,11H2,1-3H3,(H,21,22)/t12-/m0/s1. The summed E-state index contributed by atoms with van der Waals surface area (Å²) >= 11 is 0. The number of fused-ring (bicyclic) bond motifs is 1. The van der Waals surface area contributed by atoms with Crippen molar-refractivity contribution in [3.05, 3.63) is 36.4 Å². The lowest BCUT2D eigenvalue weighted by Gasteiger charge is -2.17. The van der Waals surface area contributed by atoms with E-state index >= 15 is 0 Å². The average molecular weight is 358 g/mol. The molecule has 0 fully saturated rings. The first-order chi connectivity index (χ1) is 12.6. The van der Waals surface area contributed by atoms with Gasteiger partial charge in [0.1, 0.15) is 6.04 Å². The third-order valence-corrected chi connectivity index (χ3v) is 3.88. The Morgan fingerprint density at radius 1 is 1.12 bits per heavy atom. The Morgan fingerprint density at radius 2 is 1.88 bits per heavy atom. The number of carbonyl (C=O) groups excluding carboxylic acids is 1. The molecule has 0 aromatic heterocycles. The second-order valence-corrected chi connectivity index (χ2v) is 5.72. The number of carbonyl (C=O) groups is 1. The molecule has 1 amide bonds. The van der Waals surface area contributed by atoms with Gasteiger partial charge in [0.15, 0.2) is 23.0 Å². The zero-order valence-corrected chi connectivity index (χ0v) is 15.0. The van der Waals surface area contributed by atoms with Crippen LogP contribution < -0.4 is 29.6 Å². The Bertz CT molecular complexity index is 793. The van der Waals surface area contributed by atoms with E-state index in [1.807, 2.05) is 19.1 Å². The van der Waals surface area contributed by atoms with Gasteiger partial charge in [0, 0.05) is 23.5 Å². The minimum absolute atomic E-state index is 0.170. The number of nitrogens with one attached hydrogen (secondary N) is 2. The number of anilines is 2. The van der Waals surface area contributed by atoms with Crippen LogP contribution in [-0.2, 0) is 4.79 Å². The van der Waals surface area contributed by atoms with E-state index in [4.69, 9.17) is 18.9 Å². The van der Waals surface area contributed by atoms with Crippen molar-refractivity contribution in [2.45, 2.75) is 19.9 Å². The van der Waals surface area contributed by atoms with E-state index in [0.29, 0.717) is 35.3 Å². The fraction of sp³-hybridized carbons (Fsp3) is 0.316. The fourth-order valence-corrected chi connectivity index (χ4v) is 2.57. The zero-order chi connectivity index (χ0) is 18.5. The van der Waals surface area contributed by atoms with Crippen molar-refractivity contribution in [3.8, 4) is 23.0 Å². The number of ether oxygens (including phenoxy) is 4.